The number of hydrogen-bond donors (Lipinski definition) is 1. The number of nitrogens with two attached hydrogens (primary N) is 1. The van der Waals surface area contributed by atoms with Gasteiger partial charge in [0.2, 0.25) is 10.0 Å². The minimum absolute atomic E-state index is 0.0372. The van der Waals surface area contributed by atoms with E-state index in [0.29, 0.717) is 12.0 Å². The standard InChI is InChI=1S/C17H20N2O7S2/c1-24-14-5-3-4-6-17(14)27(20,21)19-8-7-12-9-16(26-28(18,22)23)15(25-2)10-13(12)11-19/h3-6,9-10H,7-8,11H2,1-2H3,(H2,18,22,23). The van der Waals surface area contributed by atoms with Crippen molar-refractivity contribution in [1.29, 1.82) is 0 Å². The SMILES string of the molecule is COc1cc2c(cc1OS(N)(=O)=O)CCN(S(=O)(=O)c1ccccc1OC)C2. The fraction of sp³-hybridized carbons (Fsp3) is 0.294. The van der Waals surface area contributed by atoms with Crippen LogP contribution < -0.4 is 18.8 Å². The van der Waals surface area contributed by atoms with Crippen molar-refractivity contribution in [3.8, 4) is 17.2 Å². The lowest BCUT2D eigenvalue weighted by atomic mass is 10.0. The monoisotopic (exact) mass is 428 g/mol. The van der Waals surface area contributed by atoms with Crippen LogP contribution in [0.5, 0.6) is 17.2 Å². The molecule has 2 aromatic carbocycles. The summed E-state index contributed by atoms with van der Waals surface area (Å²) in [5, 5.41) is 4.93. The Kier molecular flexibility index (Phi) is 5.53. The summed E-state index contributed by atoms with van der Waals surface area (Å²) >= 11 is 0. The first-order valence-electron chi connectivity index (χ1n) is 8.21. The number of para-hydroxylation sites is 1. The van der Waals surface area contributed by atoms with Crippen molar-refractivity contribution in [2.24, 2.45) is 5.14 Å². The van der Waals surface area contributed by atoms with E-state index in [0.717, 1.165) is 5.56 Å². The zero-order valence-electron chi connectivity index (χ0n) is 15.3. The van der Waals surface area contributed by atoms with Crippen molar-refractivity contribution in [3.05, 3.63) is 47.5 Å². The highest BCUT2D eigenvalue weighted by atomic mass is 32.2. The lowest BCUT2D eigenvalue weighted by Crippen LogP contribution is -2.36. The van der Waals surface area contributed by atoms with Crippen LogP contribution in [0.4, 0.5) is 0 Å². The molecule has 0 amide bonds. The van der Waals surface area contributed by atoms with E-state index in [1.165, 1.54) is 30.7 Å². The van der Waals surface area contributed by atoms with Crippen molar-refractivity contribution in [2.45, 2.75) is 17.9 Å². The molecule has 0 saturated heterocycles. The number of sulfonamides is 1. The first-order chi connectivity index (χ1) is 13.2. The second-order valence-electron chi connectivity index (χ2n) is 6.09. The van der Waals surface area contributed by atoms with E-state index in [1.807, 2.05) is 0 Å². The minimum atomic E-state index is -4.21. The first kappa shape index (κ1) is 20.4. The molecule has 2 N–H and O–H groups in total. The summed E-state index contributed by atoms with van der Waals surface area (Å²) in [5.41, 5.74) is 1.44. The molecule has 28 heavy (non-hydrogen) atoms. The van der Waals surface area contributed by atoms with Gasteiger partial charge in [0.25, 0.3) is 0 Å². The fourth-order valence-corrected chi connectivity index (χ4v) is 5.02. The number of nitrogens with zero attached hydrogens (tertiary/aromatic N) is 1. The number of ether oxygens (including phenoxy) is 2. The van der Waals surface area contributed by atoms with Crippen LogP contribution in [0.2, 0.25) is 0 Å². The van der Waals surface area contributed by atoms with Gasteiger partial charge in [0.1, 0.15) is 10.6 Å². The van der Waals surface area contributed by atoms with Crippen molar-refractivity contribution in [1.82, 2.24) is 4.31 Å². The number of hydrogen-bond acceptors (Lipinski definition) is 7. The lowest BCUT2D eigenvalue weighted by Gasteiger charge is -2.29. The molecule has 11 heteroatoms. The van der Waals surface area contributed by atoms with E-state index < -0.39 is 20.3 Å². The van der Waals surface area contributed by atoms with Gasteiger partial charge in [0, 0.05) is 13.1 Å². The molecule has 9 nitrogen and oxygen atoms in total. The summed E-state index contributed by atoms with van der Waals surface area (Å²) in [7, 11) is -5.23. The van der Waals surface area contributed by atoms with Crippen LogP contribution in [0.3, 0.4) is 0 Å². The number of fused-ring (bicyclic) bond motifs is 1. The molecule has 0 aromatic heterocycles. The Balaban J connectivity index is 1.96. The molecule has 1 aliphatic heterocycles. The van der Waals surface area contributed by atoms with E-state index in [4.69, 9.17) is 18.8 Å². The van der Waals surface area contributed by atoms with Gasteiger partial charge in [-0.2, -0.15) is 17.9 Å². The van der Waals surface area contributed by atoms with Gasteiger partial charge in [0.15, 0.2) is 11.5 Å². The molecular weight excluding hydrogens is 408 g/mol. The lowest BCUT2D eigenvalue weighted by molar-refractivity contribution is 0.370. The van der Waals surface area contributed by atoms with Crippen LogP contribution in [0.25, 0.3) is 0 Å². The third-order valence-corrected chi connectivity index (χ3v) is 6.65. The number of rotatable bonds is 6. The van der Waals surface area contributed by atoms with Gasteiger partial charge < -0.3 is 13.7 Å². The fourth-order valence-electron chi connectivity index (χ4n) is 3.06. The molecule has 0 unspecified atom stereocenters. The quantitative estimate of drug-likeness (QED) is 0.728. The molecule has 1 aliphatic rings. The molecule has 0 aliphatic carbocycles. The van der Waals surface area contributed by atoms with Crippen LogP contribution >= 0.6 is 0 Å². The van der Waals surface area contributed by atoms with Crippen LogP contribution in [0.1, 0.15) is 11.1 Å². The van der Waals surface area contributed by atoms with Gasteiger partial charge in [-0.15, -0.1) is 0 Å². The van der Waals surface area contributed by atoms with E-state index in [-0.39, 0.29) is 35.2 Å². The summed E-state index contributed by atoms with van der Waals surface area (Å²) in [4.78, 5) is 0.0853. The van der Waals surface area contributed by atoms with Crippen LogP contribution in [-0.2, 0) is 33.3 Å². The van der Waals surface area contributed by atoms with Crippen molar-refractivity contribution >= 4 is 20.3 Å². The van der Waals surface area contributed by atoms with Gasteiger partial charge in [-0.05, 0) is 41.8 Å². The summed E-state index contributed by atoms with van der Waals surface area (Å²) in [6.45, 7) is 0.316. The smallest absolute Gasteiger partial charge is 0.380 e. The third kappa shape index (κ3) is 4.07. The van der Waals surface area contributed by atoms with E-state index in [2.05, 4.69) is 0 Å². The average molecular weight is 428 g/mol. The highest BCUT2D eigenvalue weighted by molar-refractivity contribution is 7.89. The molecule has 0 spiro atoms. The normalized spacial score (nSPS) is 15.0. The van der Waals surface area contributed by atoms with E-state index in [9.17, 15) is 16.8 Å². The van der Waals surface area contributed by atoms with Crippen LogP contribution in [0.15, 0.2) is 41.3 Å². The molecule has 0 bridgehead atoms. The van der Waals surface area contributed by atoms with Crippen LogP contribution in [0, 0.1) is 0 Å². The first-order valence-corrected chi connectivity index (χ1v) is 11.1. The third-order valence-electron chi connectivity index (χ3n) is 4.36. The minimum Gasteiger partial charge on any atom is -0.495 e. The second kappa shape index (κ2) is 7.59. The Morgan fingerprint density at radius 3 is 2.21 bits per heavy atom. The number of methoxy groups -OCH3 is 2. The summed E-state index contributed by atoms with van der Waals surface area (Å²) in [6, 6.07) is 9.47. The summed E-state index contributed by atoms with van der Waals surface area (Å²) < 4.78 is 65.1. The highest BCUT2D eigenvalue weighted by Gasteiger charge is 2.31. The zero-order valence-corrected chi connectivity index (χ0v) is 16.9. The van der Waals surface area contributed by atoms with Gasteiger partial charge in [-0.1, -0.05) is 12.1 Å². The molecular formula is C17H20N2O7S2. The Hall–Kier alpha value is -2.34. The van der Waals surface area contributed by atoms with E-state index in [1.54, 1.807) is 24.3 Å². The van der Waals surface area contributed by atoms with Crippen molar-refractivity contribution in [3.63, 3.8) is 0 Å². The van der Waals surface area contributed by atoms with Gasteiger partial charge in [-0.25, -0.2) is 8.42 Å². The molecule has 2 aromatic rings. The Labute approximate surface area is 163 Å². The molecule has 152 valence electrons. The largest absolute Gasteiger partial charge is 0.495 e. The molecule has 3 rings (SSSR count). The number of benzene rings is 2. The van der Waals surface area contributed by atoms with Gasteiger partial charge >= 0.3 is 10.3 Å². The summed E-state index contributed by atoms with van der Waals surface area (Å²) in [5.74, 6) is 0.372. The molecule has 0 radical (unpaired) electrons. The molecule has 1 heterocycles. The topological polar surface area (TPSA) is 125 Å². The Morgan fingerprint density at radius 1 is 0.929 bits per heavy atom. The van der Waals surface area contributed by atoms with Gasteiger partial charge in [0.05, 0.1) is 14.2 Å². The predicted molar refractivity (Wildman–Crippen MR) is 101 cm³/mol. The second-order valence-corrected chi connectivity index (χ2v) is 9.15. The molecule has 0 atom stereocenters. The molecule has 0 saturated carbocycles. The van der Waals surface area contributed by atoms with Crippen LogP contribution in [-0.4, -0.2) is 41.9 Å². The Morgan fingerprint density at radius 2 is 1.57 bits per heavy atom. The van der Waals surface area contributed by atoms with Gasteiger partial charge in [-0.3, -0.25) is 0 Å². The maximum Gasteiger partial charge on any atom is 0.380 e. The zero-order chi connectivity index (χ0) is 20.5. The molecule has 0 fully saturated rings. The maximum atomic E-state index is 13.1. The maximum absolute atomic E-state index is 13.1. The van der Waals surface area contributed by atoms with Crippen molar-refractivity contribution < 1.29 is 30.5 Å². The van der Waals surface area contributed by atoms with Crippen molar-refractivity contribution in [2.75, 3.05) is 20.8 Å². The summed E-state index contributed by atoms with van der Waals surface area (Å²) in [6.07, 6.45) is 0.370. The predicted octanol–water partition coefficient (Wildman–Crippen LogP) is 1.03. The average Bonchev–Trinajstić information content (AvgIpc) is 2.65. The van der Waals surface area contributed by atoms with E-state index >= 15 is 0 Å². The highest BCUT2D eigenvalue weighted by Crippen LogP contribution is 2.36. The Bertz CT molecular complexity index is 1100.